The van der Waals surface area contributed by atoms with Crippen LogP contribution >= 0.6 is 0 Å². The molecule has 1 fully saturated rings. The first-order valence-corrected chi connectivity index (χ1v) is 7.80. The van der Waals surface area contributed by atoms with Crippen molar-refractivity contribution in [3.63, 3.8) is 0 Å². The topological polar surface area (TPSA) is 83.9 Å². The lowest BCUT2D eigenvalue weighted by Gasteiger charge is -2.31. The molecule has 0 unspecified atom stereocenters. The third-order valence-corrected chi connectivity index (χ3v) is 4.10. The molecule has 3 heterocycles. The molecule has 1 amide bonds. The monoisotopic (exact) mass is 312 g/mol. The van der Waals surface area contributed by atoms with E-state index in [0.29, 0.717) is 11.7 Å². The highest BCUT2D eigenvalue weighted by molar-refractivity contribution is 5.73. The van der Waals surface area contributed by atoms with Crippen LogP contribution in [0.2, 0.25) is 0 Å². The van der Waals surface area contributed by atoms with Crippen LogP contribution < -0.4 is 5.32 Å². The molecule has 1 N–H and O–H groups in total. The molecular weight excluding hydrogens is 292 g/mol. The quantitative estimate of drug-likeness (QED) is 0.927. The third kappa shape index (κ3) is 4.21. The molecule has 2 aromatic rings. The van der Waals surface area contributed by atoms with Gasteiger partial charge in [0.15, 0.2) is 0 Å². The molecule has 1 aliphatic heterocycles. The van der Waals surface area contributed by atoms with Crippen molar-refractivity contribution in [2.45, 2.75) is 26.2 Å². The van der Waals surface area contributed by atoms with E-state index in [1.54, 1.807) is 31.8 Å². The molecule has 0 spiro atoms. The van der Waals surface area contributed by atoms with Gasteiger partial charge in [-0.05, 0) is 25.2 Å². The molecule has 0 aliphatic carbocycles. The van der Waals surface area contributed by atoms with Gasteiger partial charge >= 0.3 is 0 Å². The zero-order valence-corrected chi connectivity index (χ0v) is 13.1. The summed E-state index contributed by atoms with van der Waals surface area (Å²) in [4.78, 5) is 30.1. The maximum atomic E-state index is 11.4. The van der Waals surface area contributed by atoms with Crippen molar-refractivity contribution in [1.29, 1.82) is 0 Å². The van der Waals surface area contributed by atoms with Gasteiger partial charge in [0.05, 0.1) is 6.20 Å². The second-order valence-corrected chi connectivity index (χ2v) is 5.76. The van der Waals surface area contributed by atoms with E-state index >= 15 is 0 Å². The van der Waals surface area contributed by atoms with Gasteiger partial charge in [-0.25, -0.2) is 15.0 Å². The van der Waals surface area contributed by atoms with Gasteiger partial charge in [-0.3, -0.25) is 9.78 Å². The fourth-order valence-corrected chi connectivity index (χ4v) is 2.82. The Balaban J connectivity index is 1.59. The van der Waals surface area contributed by atoms with Crippen molar-refractivity contribution in [2.24, 2.45) is 5.92 Å². The van der Waals surface area contributed by atoms with E-state index in [1.807, 2.05) is 11.0 Å². The molecule has 23 heavy (non-hydrogen) atoms. The summed E-state index contributed by atoms with van der Waals surface area (Å²) in [6, 6.07) is 1.95. The second kappa shape index (κ2) is 7.13. The van der Waals surface area contributed by atoms with Gasteiger partial charge in [-0.1, -0.05) is 0 Å². The fourth-order valence-electron chi connectivity index (χ4n) is 2.82. The normalized spacial score (nSPS) is 15.4. The van der Waals surface area contributed by atoms with Crippen molar-refractivity contribution >= 4 is 17.5 Å². The predicted octanol–water partition coefficient (Wildman–Crippen LogP) is 1.81. The maximum Gasteiger partial charge on any atom is 0.219 e. The number of hydrogen-bond acceptors (Lipinski definition) is 6. The molecule has 0 atom stereocenters. The van der Waals surface area contributed by atoms with Crippen LogP contribution in [0.3, 0.4) is 0 Å². The van der Waals surface area contributed by atoms with Crippen LogP contribution in [-0.2, 0) is 11.2 Å². The molecule has 1 saturated heterocycles. The van der Waals surface area contributed by atoms with Gasteiger partial charge in [0.2, 0.25) is 5.91 Å². The van der Waals surface area contributed by atoms with E-state index < -0.39 is 0 Å². The zero-order chi connectivity index (χ0) is 16.1. The number of likely N-dealkylation sites (tertiary alicyclic amines) is 1. The highest BCUT2D eigenvalue weighted by Crippen LogP contribution is 2.22. The SMILES string of the molecule is CC(=O)N1CCC(Cc2cc(Nc3cnccn3)ncn2)CC1. The van der Waals surface area contributed by atoms with Crippen molar-refractivity contribution in [3.8, 4) is 0 Å². The molecule has 0 radical (unpaired) electrons. The van der Waals surface area contributed by atoms with E-state index in [1.165, 1.54) is 0 Å². The summed E-state index contributed by atoms with van der Waals surface area (Å²) in [5.41, 5.74) is 1.01. The van der Waals surface area contributed by atoms with E-state index in [-0.39, 0.29) is 5.91 Å². The van der Waals surface area contributed by atoms with Gasteiger partial charge in [0.25, 0.3) is 0 Å². The van der Waals surface area contributed by atoms with Crippen molar-refractivity contribution < 1.29 is 4.79 Å². The minimum absolute atomic E-state index is 0.168. The number of carbonyl (C=O) groups excluding carboxylic acids is 1. The summed E-state index contributed by atoms with van der Waals surface area (Å²) in [5.74, 6) is 2.11. The minimum atomic E-state index is 0.168. The van der Waals surface area contributed by atoms with Crippen LogP contribution in [0.4, 0.5) is 11.6 Å². The number of hydrogen-bond donors (Lipinski definition) is 1. The largest absolute Gasteiger partial charge is 0.343 e. The van der Waals surface area contributed by atoms with Crippen LogP contribution in [0.15, 0.2) is 31.0 Å². The van der Waals surface area contributed by atoms with Crippen LogP contribution in [0.1, 0.15) is 25.5 Å². The predicted molar refractivity (Wildman–Crippen MR) is 86.0 cm³/mol. The lowest BCUT2D eigenvalue weighted by atomic mass is 9.92. The maximum absolute atomic E-state index is 11.4. The second-order valence-electron chi connectivity index (χ2n) is 5.76. The van der Waals surface area contributed by atoms with E-state index in [4.69, 9.17) is 0 Å². The minimum Gasteiger partial charge on any atom is -0.343 e. The lowest BCUT2D eigenvalue weighted by Crippen LogP contribution is -2.37. The number of nitrogens with zero attached hydrogens (tertiary/aromatic N) is 5. The number of amides is 1. The van der Waals surface area contributed by atoms with Crippen molar-refractivity contribution in [2.75, 3.05) is 18.4 Å². The van der Waals surface area contributed by atoms with Crippen molar-refractivity contribution in [1.82, 2.24) is 24.8 Å². The molecule has 7 nitrogen and oxygen atoms in total. The summed E-state index contributed by atoms with van der Waals surface area (Å²) in [6.07, 6.45) is 9.44. The highest BCUT2D eigenvalue weighted by atomic mass is 16.2. The number of piperidine rings is 1. The first-order chi connectivity index (χ1) is 11.2. The zero-order valence-electron chi connectivity index (χ0n) is 13.1. The summed E-state index contributed by atoms with van der Waals surface area (Å²) in [6.45, 7) is 3.32. The fraction of sp³-hybridized carbons (Fsp3) is 0.438. The third-order valence-electron chi connectivity index (χ3n) is 4.10. The Kier molecular flexibility index (Phi) is 4.75. The Morgan fingerprint density at radius 3 is 2.74 bits per heavy atom. The van der Waals surface area contributed by atoms with Crippen LogP contribution in [0, 0.1) is 5.92 Å². The molecule has 0 saturated carbocycles. The first kappa shape index (κ1) is 15.3. The highest BCUT2D eigenvalue weighted by Gasteiger charge is 2.21. The van der Waals surface area contributed by atoms with Crippen LogP contribution in [0.25, 0.3) is 0 Å². The number of rotatable bonds is 4. The van der Waals surface area contributed by atoms with E-state index in [2.05, 4.69) is 25.3 Å². The van der Waals surface area contributed by atoms with Gasteiger partial charge in [-0.2, -0.15) is 0 Å². The smallest absolute Gasteiger partial charge is 0.219 e. The molecule has 120 valence electrons. The molecule has 0 aromatic carbocycles. The van der Waals surface area contributed by atoms with Gasteiger partial charge in [0.1, 0.15) is 18.0 Å². The Morgan fingerprint density at radius 1 is 1.22 bits per heavy atom. The number of carbonyl (C=O) groups is 1. The number of aromatic nitrogens is 4. The lowest BCUT2D eigenvalue weighted by molar-refractivity contribution is -0.130. The van der Waals surface area contributed by atoms with Gasteiger partial charge in [0, 0.05) is 44.2 Å². The summed E-state index contributed by atoms with van der Waals surface area (Å²) in [7, 11) is 0. The molecule has 7 heteroatoms. The molecule has 1 aliphatic rings. The Labute approximate surface area is 135 Å². The Bertz CT molecular complexity index is 655. The molecule has 3 rings (SSSR count). The average Bonchev–Trinajstić information content (AvgIpc) is 2.57. The summed E-state index contributed by atoms with van der Waals surface area (Å²) < 4.78 is 0. The Morgan fingerprint density at radius 2 is 2.04 bits per heavy atom. The van der Waals surface area contributed by atoms with E-state index in [9.17, 15) is 4.79 Å². The van der Waals surface area contributed by atoms with Gasteiger partial charge in [-0.15, -0.1) is 0 Å². The Hall–Kier alpha value is -2.57. The molecule has 0 bridgehead atoms. The number of anilines is 2. The van der Waals surface area contributed by atoms with Crippen LogP contribution in [-0.4, -0.2) is 43.8 Å². The summed E-state index contributed by atoms with van der Waals surface area (Å²) >= 11 is 0. The summed E-state index contributed by atoms with van der Waals surface area (Å²) in [5, 5.41) is 3.13. The van der Waals surface area contributed by atoms with Crippen LogP contribution in [0.5, 0.6) is 0 Å². The van der Waals surface area contributed by atoms with Gasteiger partial charge < -0.3 is 10.2 Å². The standard InChI is InChI=1S/C16H20N6O/c1-12(23)22-6-2-13(3-7-22)8-14-9-15(20-11-19-14)21-16-10-17-4-5-18-16/h4-5,9-11,13H,2-3,6-8H2,1H3,(H,18,19,20,21). The average molecular weight is 312 g/mol. The first-order valence-electron chi connectivity index (χ1n) is 7.80. The van der Waals surface area contributed by atoms with Crippen molar-refractivity contribution in [3.05, 3.63) is 36.7 Å². The van der Waals surface area contributed by atoms with E-state index in [0.717, 1.165) is 43.9 Å². The molecular formula is C16H20N6O. The molecule has 2 aromatic heterocycles. The number of nitrogens with one attached hydrogen (secondary N) is 1.